The molecule has 0 aliphatic carbocycles. The van der Waals surface area contributed by atoms with Gasteiger partial charge in [-0.2, -0.15) is 0 Å². The summed E-state index contributed by atoms with van der Waals surface area (Å²) < 4.78 is 56.6. The molecule has 3 rings (SSSR count). The minimum Gasteiger partial charge on any atom is -0.493 e. The van der Waals surface area contributed by atoms with Crippen LogP contribution in [0.3, 0.4) is 0 Å². The standard InChI is InChI=1S/C24H22ClFN2O7S/c1-33-21-11-9-18(13-22(21)34-2)36(31,32)28(17-7-5-16(26)6-8-17)14-23(29)27-20-12-15(24(30)35-3)4-10-19(20)25/h4-13H,14H2,1-3H3,(H,27,29). The Morgan fingerprint density at radius 2 is 1.61 bits per heavy atom. The van der Waals surface area contributed by atoms with E-state index < -0.39 is 34.3 Å². The van der Waals surface area contributed by atoms with Crippen LogP contribution in [0, 0.1) is 5.82 Å². The van der Waals surface area contributed by atoms with Crippen molar-refractivity contribution in [1.29, 1.82) is 0 Å². The number of benzene rings is 3. The van der Waals surface area contributed by atoms with Gasteiger partial charge in [-0.05, 0) is 54.6 Å². The molecule has 0 heterocycles. The van der Waals surface area contributed by atoms with Crippen molar-refractivity contribution in [3.63, 3.8) is 0 Å². The monoisotopic (exact) mass is 536 g/mol. The molecule has 0 saturated heterocycles. The summed E-state index contributed by atoms with van der Waals surface area (Å²) in [6, 6.07) is 12.7. The second-order valence-electron chi connectivity index (χ2n) is 7.24. The smallest absolute Gasteiger partial charge is 0.337 e. The zero-order valence-electron chi connectivity index (χ0n) is 19.4. The lowest BCUT2D eigenvalue weighted by Gasteiger charge is -2.24. The predicted octanol–water partition coefficient (Wildman–Crippen LogP) is 4.12. The number of carbonyl (C=O) groups excluding carboxylic acids is 2. The van der Waals surface area contributed by atoms with Crippen molar-refractivity contribution < 1.29 is 36.6 Å². The maximum Gasteiger partial charge on any atom is 0.337 e. The average Bonchev–Trinajstić information content (AvgIpc) is 2.88. The van der Waals surface area contributed by atoms with Crippen molar-refractivity contribution in [3.8, 4) is 11.5 Å². The Morgan fingerprint density at radius 3 is 2.22 bits per heavy atom. The highest BCUT2D eigenvalue weighted by Gasteiger charge is 2.29. The van der Waals surface area contributed by atoms with E-state index in [0.717, 1.165) is 16.4 Å². The summed E-state index contributed by atoms with van der Waals surface area (Å²) in [5, 5.41) is 2.62. The third-order valence-electron chi connectivity index (χ3n) is 5.01. The molecule has 0 radical (unpaired) electrons. The second kappa shape index (κ2) is 11.3. The molecule has 1 amide bonds. The summed E-state index contributed by atoms with van der Waals surface area (Å²) in [4.78, 5) is 24.6. The molecule has 9 nitrogen and oxygen atoms in total. The molecule has 0 unspecified atom stereocenters. The number of esters is 1. The van der Waals surface area contributed by atoms with Gasteiger partial charge in [-0.3, -0.25) is 9.10 Å². The van der Waals surface area contributed by atoms with E-state index in [1.54, 1.807) is 0 Å². The average molecular weight is 537 g/mol. The number of nitrogens with one attached hydrogen (secondary N) is 1. The molecule has 190 valence electrons. The van der Waals surface area contributed by atoms with E-state index in [0.29, 0.717) is 5.75 Å². The molecule has 0 aliphatic rings. The number of sulfonamides is 1. The van der Waals surface area contributed by atoms with Crippen LogP contribution in [0.15, 0.2) is 65.6 Å². The maximum atomic E-state index is 13.6. The topological polar surface area (TPSA) is 111 Å². The molecule has 3 aromatic rings. The van der Waals surface area contributed by atoms with Crippen molar-refractivity contribution >= 4 is 44.9 Å². The largest absolute Gasteiger partial charge is 0.493 e. The SMILES string of the molecule is COC(=O)c1ccc(Cl)c(NC(=O)CN(c2ccc(F)cc2)S(=O)(=O)c2ccc(OC)c(OC)c2)c1. The third-order valence-corrected chi connectivity index (χ3v) is 7.11. The Labute approximate surface area is 212 Å². The van der Waals surface area contributed by atoms with Gasteiger partial charge in [0, 0.05) is 6.07 Å². The van der Waals surface area contributed by atoms with Gasteiger partial charge in [0.1, 0.15) is 12.4 Å². The Morgan fingerprint density at radius 1 is 0.944 bits per heavy atom. The van der Waals surface area contributed by atoms with E-state index in [9.17, 15) is 22.4 Å². The fourth-order valence-electron chi connectivity index (χ4n) is 3.21. The Bertz CT molecular complexity index is 1380. The van der Waals surface area contributed by atoms with Crippen LogP contribution < -0.4 is 19.1 Å². The van der Waals surface area contributed by atoms with Crippen LogP contribution >= 0.6 is 11.6 Å². The summed E-state index contributed by atoms with van der Waals surface area (Å²) in [7, 11) is -0.380. The van der Waals surface area contributed by atoms with E-state index in [1.165, 1.54) is 69.9 Å². The van der Waals surface area contributed by atoms with Crippen molar-refractivity contribution in [2.45, 2.75) is 4.90 Å². The fourth-order valence-corrected chi connectivity index (χ4v) is 4.81. The highest BCUT2D eigenvalue weighted by atomic mass is 35.5. The zero-order chi connectivity index (χ0) is 26.5. The number of methoxy groups -OCH3 is 3. The summed E-state index contributed by atoms with van der Waals surface area (Å²) >= 11 is 6.14. The molecule has 0 atom stereocenters. The minimum absolute atomic E-state index is 0.0377. The van der Waals surface area contributed by atoms with E-state index in [1.807, 2.05) is 0 Å². The quantitative estimate of drug-likeness (QED) is 0.409. The number of anilines is 2. The van der Waals surface area contributed by atoms with Gasteiger partial charge in [0.05, 0.1) is 48.2 Å². The zero-order valence-corrected chi connectivity index (χ0v) is 21.0. The van der Waals surface area contributed by atoms with Gasteiger partial charge in [0.25, 0.3) is 10.0 Å². The number of amides is 1. The molecule has 0 bridgehead atoms. The number of nitrogens with zero attached hydrogens (tertiary/aromatic N) is 1. The Kier molecular flexibility index (Phi) is 8.38. The molecule has 0 fully saturated rings. The van der Waals surface area contributed by atoms with Crippen LogP contribution in [0.5, 0.6) is 11.5 Å². The fraction of sp³-hybridized carbons (Fsp3) is 0.167. The van der Waals surface area contributed by atoms with Crippen molar-refractivity contribution in [2.75, 3.05) is 37.5 Å². The van der Waals surface area contributed by atoms with Gasteiger partial charge < -0.3 is 19.5 Å². The minimum atomic E-state index is -4.34. The summed E-state index contributed by atoms with van der Waals surface area (Å²) in [6.45, 7) is -0.693. The first-order chi connectivity index (χ1) is 17.1. The lowest BCUT2D eigenvalue weighted by atomic mass is 10.2. The highest BCUT2D eigenvalue weighted by Crippen LogP contribution is 2.32. The highest BCUT2D eigenvalue weighted by molar-refractivity contribution is 7.92. The van der Waals surface area contributed by atoms with Crippen LogP contribution in [0.1, 0.15) is 10.4 Å². The van der Waals surface area contributed by atoms with Crippen LogP contribution in [0.25, 0.3) is 0 Å². The summed E-state index contributed by atoms with van der Waals surface area (Å²) in [5.74, 6) is -1.53. The number of hydrogen-bond donors (Lipinski definition) is 1. The van der Waals surface area contributed by atoms with Gasteiger partial charge in [-0.15, -0.1) is 0 Å². The van der Waals surface area contributed by atoms with Crippen LogP contribution in [-0.2, 0) is 19.6 Å². The molecule has 3 aromatic carbocycles. The lowest BCUT2D eigenvalue weighted by molar-refractivity contribution is -0.114. The van der Waals surface area contributed by atoms with Gasteiger partial charge in [-0.25, -0.2) is 17.6 Å². The first-order valence-electron chi connectivity index (χ1n) is 10.3. The van der Waals surface area contributed by atoms with E-state index >= 15 is 0 Å². The summed E-state index contributed by atoms with van der Waals surface area (Å²) in [6.07, 6.45) is 0. The van der Waals surface area contributed by atoms with Crippen molar-refractivity contribution in [3.05, 3.63) is 77.1 Å². The Balaban J connectivity index is 1.99. The molecule has 0 saturated carbocycles. The molecule has 0 spiro atoms. The number of carbonyl (C=O) groups is 2. The molecular weight excluding hydrogens is 515 g/mol. The van der Waals surface area contributed by atoms with Gasteiger partial charge in [-0.1, -0.05) is 11.6 Å². The lowest BCUT2D eigenvalue weighted by Crippen LogP contribution is -2.38. The first kappa shape index (κ1) is 26.8. The van der Waals surface area contributed by atoms with E-state index in [4.69, 9.17) is 21.1 Å². The van der Waals surface area contributed by atoms with E-state index in [2.05, 4.69) is 10.1 Å². The number of halogens is 2. The molecule has 0 aromatic heterocycles. The number of hydrogen-bond acceptors (Lipinski definition) is 7. The van der Waals surface area contributed by atoms with Crippen LogP contribution in [0.2, 0.25) is 5.02 Å². The summed E-state index contributed by atoms with van der Waals surface area (Å²) in [5.41, 5.74) is 0.244. The van der Waals surface area contributed by atoms with E-state index in [-0.39, 0.29) is 32.6 Å². The number of ether oxygens (including phenoxy) is 3. The van der Waals surface area contributed by atoms with Gasteiger partial charge in [0.15, 0.2) is 11.5 Å². The molecule has 0 aliphatic heterocycles. The molecule has 1 N–H and O–H groups in total. The van der Waals surface area contributed by atoms with Gasteiger partial charge >= 0.3 is 5.97 Å². The van der Waals surface area contributed by atoms with Crippen molar-refractivity contribution in [2.24, 2.45) is 0 Å². The number of rotatable bonds is 9. The van der Waals surface area contributed by atoms with Crippen LogP contribution in [-0.4, -0.2) is 48.2 Å². The molecule has 36 heavy (non-hydrogen) atoms. The third kappa shape index (κ3) is 5.86. The normalized spacial score (nSPS) is 10.9. The maximum absolute atomic E-state index is 13.6. The Hall–Kier alpha value is -3.83. The van der Waals surface area contributed by atoms with Crippen molar-refractivity contribution in [1.82, 2.24) is 0 Å². The first-order valence-corrected chi connectivity index (χ1v) is 12.1. The molecular formula is C24H22ClFN2O7S. The van der Waals surface area contributed by atoms with Crippen LogP contribution in [0.4, 0.5) is 15.8 Å². The molecule has 12 heteroatoms. The van der Waals surface area contributed by atoms with Gasteiger partial charge in [0.2, 0.25) is 5.91 Å². The second-order valence-corrected chi connectivity index (χ2v) is 9.51. The predicted molar refractivity (Wildman–Crippen MR) is 132 cm³/mol.